The van der Waals surface area contributed by atoms with Crippen LogP contribution in [0, 0.1) is 5.82 Å². The van der Waals surface area contributed by atoms with Gasteiger partial charge in [-0.25, -0.2) is 9.18 Å². The lowest BCUT2D eigenvalue weighted by molar-refractivity contribution is 0.0974. The molecule has 0 aliphatic carbocycles. The van der Waals surface area contributed by atoms with Gasteiger partial charge in [-0.05, 0) is 54.2 Å². The second-order valence-corrected chi connectivity index (χ2v) is 7.20. The fourth-order valence-electron chi connectivity index (χ4n) is 3.21. The molecule has 8 heteroatoms. The van der Waals surface area contributed by atoms with E-state index in [2.05, 4.69) is 10.6 Å². The molecule has 6 nitrogen and oxygen atoms in total. The van der Waals surface area contributed by atoms with Crippen molar-refractivity contribution >= 4 is 39.9 Å². The molecule has 0 unspecified atom stereocenters. The number of amides is 1. The minimum absolute atomic E-state index is 0.0563. The number of benzene rings is 3. The summed E-state index contributed by atoms with van der Waals surface area (Å²) < 4.78 is 24.6. The molecule has 0 aliphatic rings. The summed E-state index contributed by atoms with van der Waals surface area (Å²) in [6, 6.07) is 19.6. The maximum Gasteiger partial charge on any atom is 0.344 e. The van der Waals surface area contributed by atoms with Crippen molar-refractivity contribution in [1.82, 2.24) is 5.32 Å². The van der Waals surface area contributed by atoms with Crippen LogP contribution in [0.15, 0.2) is 82.0 Å². The smallest absolute Gasteiger partial charge is 0.344 e. The summed E-state index contributed by atoms with van der Waals surface area (Å²) in [6.45, 7) is 0. The number of fused-ring (bicyclic) bond motifs is 1. The van der Waals surface area contributed by atoms with Gasteiger partial charge in [0, 0.05) is 5.39 Å². The summed E-state index contributed by atoms with van der Waals surface area (Å²) in [6.07, 6.45) is 0. The molecule has 0 saturated heterocycles. The molecule has 1 heterocycles. The van der Waals surface area contributed by atoms with Crippen LogP contribution in [0.25, 0.3) is 22.1 Å². The second-order valence-electron chi connectivity index (χ2n) is 6.79. The number of carbonyl (C=O) groups excluding carboxylic acids is 1. The maximum absolute atomic E-state index is 13.8. The molecule has 0 aliphatic heterocycles. The Morgan fingerprint density at radius 2 is 1.78 bits per heavy atom. The normalized spacial score (nSPS) is 10.6. The van der Waals surface area contributed by atoms with Crippen molar-refractivity contribution in [2.24, 2.45) is 0 Å². The standard InChI is InChI=1S/C24H17FN2O4S/c1-30-21-11-10-14(17-12-15-6-2-5-9-20(15)31-23(17)29)13-19(21)26-24(32)27-22(28)16-7-3-4-8-18(16)25/h2-13H,1H3,(H2,26,27,28,32). The average Bonchev–Trinajstić information content (AvgIpc) is 2.78. The van der Waals surface area contributed by atoms with Crippen molar-refractivity contribution in [3.8, 4) is 16.9 Å². The van der Waals surface area contributed by atoms with Crippen LogP contribution in [0.2, 0.25) is 0 Å². The summed E-state index contributed by atoms with van der Waals surface area (Å²) in [7, 11) is 1.48. The van der Waals surface area contributed by atoms with E-state index in [0.717, 1.165) is 5.39 Å². The Hall–Kier alpha value is -4.04. The van der Waals surface area contributed by atoms with Crippen LogP contribution in [-0.2, 0) is 0 Å². The average molecular weight is 448 g/mol. The zero-order chi connectivity index (χ0) is 22.7. The lowest BCUT2D eigenvalue weighted by Gasteiger charge is -2.14. The van der Waals surface area contributed by atoms with Gasteiger partial charge in [0.2, 0.25) is 0 Å². The third-order valence-corrected chi connectivity index (χ3v) is 4.95. The third-order valence-electron chi connectivity index (χ3n) is 4.75. The van der Waals surface area contributed by atoms with Crippen molar-refractivity contribution in [2.75, 3.05) is 12.4 Å². The maximum atomic E-state index is 13.8. The highest BCUT2D eigenvalue weighted by Crippen LogP contribution is 2.30. The molecular weight excluding hydrogens is 431 g/mol. The molecule has 2 N–H and O–H groups in total. The molecule has 0 atom stereocenters. The zero-order valence-corrected chi connectivity index (χ0v) is 17.7. The number of ether oxygens (including phenoxy) is 1. The van der Waals surface area contributed by atoms with Crippen molar-refractivity contribution in [3.63, 3.8) is 0 Å². The first-order valence-corrected chi connectivity index (χ1v) is 9.95. The van der Waals surface area contributed by atoms with Gasteiger partial charge in [-0.15, -0.1) is 0 Å². The number of methoxy groups -OCH3 is 1. The topological polar surface area (TPSA) is 80.6 Å². The van der Waals surface area contributed by atoms with Gasteiger partial charge in [0.1, 0.15) is 17.1 Å². The largest absolute Gasteiger partial charge is 0.495 e. The first-order chi connectivity index (χ1) is 15.5. The fourth-order valence-corrected chi connectivity index (χ4v) is 3.41. The van der Waals surface area contributed by atoms with E-state index in [-0.39, 0.29) is 10.7 Å². The van der Waals surface area contributed by atoms with E-state index in [9.17, 15) is 14.0 Å². The first kappa shape index (κ1) is 21.2. The number of hydrogen-bond donors (Lipinski definition) is 2. The van der Waals surface area contributed by atoms with E-state index >= 15 is 0 Å². The lowest BCUT2D eigenvalue weighted by atomic mass is 10.0. The van der Waals surface area contributed by atoms with E-state index in [4.69, 9.17) is 21.4 Å². The highest BCUT2D eigenvalue weighted by Gasteiger charge is 2.15. The van der Waals surface area contributed by atoms with Crippen molar-refractivity contribution in [2.45, 2.75) is 0 Å². The number of carbonyl (C=O) groups is 1. The zero-order valence-electron chi connectivity index (χ0n) is 16.8. The van der Waals surface area contributed by atoms with Gasteiger partial charge in [-0.3, -0.25) is 10.1 Å². The molecule has 0 radical (unpaired) electrons. The second kappa shape index (κ2) is 8.99. The molecule has 0 bridgehead atoms. The van der Waals surface area contributed by atoms with Crippen LogP contribution in [0.3, 0.4) is 0 Å². The van der Waals surface area contributed by atoms with Gasteiger partial charge in [0.05, 0.1) is 23.9 Å². The van der Waals surface area contributed by atoms with Crippen LogP contribution in [-0.4, -0.2) is 18.1 Å². The molecule has 4 aromatic rings. The minimum atomic E-state index is -0.689. The Morgan fingerprint density at radius 1 is 1.03 bits per heavy atom. The van der Waals surface area contributed by atoms with E-state index in [0.29, 0.717) is 28.1 Å². The summed E-state index contributed by atoms with van der Waals surface area (Å²) in [4.78, 5) is 24.8. The number of anilines is 1. The molecule has 1 amide bonds. The quantitative estimate of drug-likeness (QED) is 0.347. The van der Waals surface area contributed by atoms with Gasteiger partial charge in [0.25, 0.3) is 5.91 Å². The Kier molecular flexibility index (Phi) is 5.96. The number of thiocarbonyl (C=S) groups is 1. The van der Waals surface area contributed by atoms with E-state index in [1.165, 1.54) is 25.3 Å². The first-order valence-electron chi connectivity index (χ1n) is 9.54. The third kappa shape index (κ3) is 4.35. The van der Waals surface area contributed by atoms with Gasteiger partial charge < -0.3 is 14.5 Å². The molecule has 3 aromatic carbocycles. The minimum Gasteiger partial charge on any atom is -0.495 e. The van der Waals surface area contributed by atoms with E-state index in [1.54, 1.807) is 42.5 Å². The Bertz CT molecular complexity index is 1400. The fraction of sp³-hybridized carbons (Fsp3) is 0.0417. The predicted octanol–water partition coefficient (Wildman–Crippen LogP) is 4.73. The summed E-state index contributed by atoms with van der Waals surface area (Å²) in [5.74, 6) is -0.914. The van der Waals surface area contributed by atoms with Crippen LogP contribution in [0.4, 0.5) is 10.1 Å². The SMILES string of the molecule is COc1ccc(-c2cc3ccccc3oc2=O)cc1NC(=S)NC(=O)c1ccccc1F. The van der Waals surface area contributed by atoms with Crippen molar-refractivity contribution in [1.29, 1.82) is 0 Å². The summed E-state index contributed by atoms with van der Waals surface area (Å²) in [5, 5.41) is 6.03. The molecule has 1 aromatic heterocycles. The number of hydrogen-bond acceptors (Lipinski definition) is 5. The highest BCUT2D eigenvalue weighted by molar-refractivity contribution is 7.80. The molecule has 0 fully saturated rings. The number of nitrogens with one attached hydrogen (secondary N) is 2. The predicted molar refractivity (Wildman–Crippen MR) is 125 cm³/mol. The van der Waals surface area contributed by atoms with Crippen LogP contribution < -0.4 is 21.0 Å². The molecule has 32 heavy (non-hydrogen) atoms. The van der Waals surface area contributed by atoms with Gasteiger partial charge in [-0.1, -0.05) is 36.4 Å². The molecule has 0 saturated carbocycles. The van der Waals surface area contributed by atoms with Crippen molar-refractivity contribution in [3.05, 3.63) is 94.6 Å². The van der Waals surface area contributed by atoms with Gasteiger partial charge in [0.15, 0.2) is 5.11 Å². The Morgan fingerprint density at radius 3 is 2.56 bits per heavy atom. The van der Waals surface area contributed by atoms with Crippen LogP contribution in [0.5, 0.6) is 5.75 Å². The van der Waals surface area contributed by atoms with Gasteiger partial charge >= 0.3 is 5.63 Å². The number of para-hydroxylation sites is 1. The number of rotatable bonds is 4. The van der Waals surface area contributed by atoms with Gasteiger partial charge in [-0.2, -0.15) is 0 Å². The van der Waals surface area contributed by atoms with E-state index in [1.807, 2.05) is 12.1 Å². The number of halogens is 1. The molecular formula is C24H17FN2O4S. The highest BCUT2D eigenvalue weighted by atomic mass is 32.1. The van der Waals surface area contributed by atoms with Crippen LogP contribution >= 0.6 is 12.2 Å². The molecule has 160 valence electrons. The van der Waals surface area contributed by atoms with Crippen molar-refractivity contribution < 1.29 is 18.3 Å². The summed E-state index contributed by atoms with van der Waals surface area (Å²) in [5.41, 5.74) is 1.20. The Labute approximate surface area is 187 Å². The lowest BCUT2D eigenvalue weighted by Crippen LogP contribution is -2.34. The van der Waals surface area contributed by atoms with E-state index < -0.39 is 17.3 Å². The Balaban J connectivity index is 1.62. The summed E-state index contributed by atoms with van der Waals surface area (Å²) >= 11 is 5.21. The molecule has 0 spiro atoms. The monoisotopic (exact) mass is 448 g/mol. The van der Waals surface area contributed by atoms with Crippen LogP contribution in [0.1, 0.15) is 10.4 Å². The molecule has 4 rings (SSSR count).